The summed E-state index contributed by atoms with van der Waals surface area (Å²) >= 11 is 0. The van der Waals surface area contributed by atoms with Gasteiger partial charge in [0.2, 0.25) is 0 Å². The molecule has 2 fully saturated rings. The van der Waals surface area contributed by atoms with Gasteiger partial charge in [-0.2, -0.15) is 0 Å². The van der Waals surface area contributed by atoms with Crippen LogP contribution >= 0.6 is 12.4 Å². The van der Waals surface area contributed by atoms with Gasteiger partial charge in [0.15, 0.2) is 0 Å². The Morgan fingerprint density at radius 2 is 2.11 bits per heavy atom. The molecule has 2 aliphatic rings. The average molecular weight is 272 g/mol. The first-order valence-corrected chi connectivity index (χ1v) is 6.40. The Morgan fingerprint density at radius 3 is 2.72 bits per heavy atom. The fourth-order valence-electron chi connectivity index (χ4n) is 2.32. The van der Waals surface area contributed by atoms with Crippen molar-refractivity contribution in [3.8, 4) is 5.75 Å². The quantitative estimate of drug-likeness (QED) is 0.893. The van der Waals surface area contributed by atoms with Gasteiger partial charge >= 0.3 is 0 Å². The standard InChI is InChI=1S/C14H18FNO.ClH/c15-11-3-4-14(17-8-9-1-2-9)13(6-11)12-5-10(12)7-16;/h3-4,6,9-10,12H,1-2,5,7-8,16H2;1H/t10-,12-;/m1./s1. The molecule has 0 unspecified atom stereocenters. The summed E-state index contributed by atoms with van der Waals surface area (Å²) in [5.74, 6) is 2.32. The highest BCUT2D eigenvalue weighted by Crippen LogP contribution is 2.50. The Bertz CT molecular complexity index is 422. The highest BCUT2D eigenvalue weighted by atomic mass is 35.5. The fraction of sp³-hybridized carbons (Fsp3) is 0.571. The van der Waals surface area contributed by atoms with Crippen LogP contribution in [-0.4, -0.2) is 13.2 Å². The molecule has 0 spiro atoms. The van der Waals surface area contributed by atoms with Gasteiger partial charge in [-0.05, 0) is 61.8 Å². The summed E-state index contributed by atoms with van der Waals surface area (Å²) in [6, 6.07) is 4.85. The van der Waals surface area contributed by atoms with Gasteiger partial charge in [-0.15, -0.1) is 12.4 Å². The topological polar surface area (TPSA) is 35.2 Å². The summed E-state index contributed by atoms with van der Waals surface area (Å²) in [5, 5.41) is 0. The van der Waals surface area contributed by atoms with Gasteiger partial charge in [0.25, 0.3) is 0 Å². The van der Waals surface area contributed by atoms with Crippen LogP contribution in [0.15, 0.2) is 18.2 Å². The fourth-order valence-corrected chi connectivity index (χ4v) is 2.32. The zero-order valence-electron chi connectivity index (χ0n) is 10.3. The van der Waals surface area contributed by atoms with E-state index in [2.05, 4.69) is 0 Å². The predicted molar refractivity (Wildman–Crippen MR) is 71.8 cm³/mol. The number of benzene rings is 1. The van der Waals surface area contributed by atoms with E-state index in [0.717, 1.165) is 30.3 Å². The summed E-state index contributed by atoms with van der Waals surface area (Å²) in [5.41, 5.74) is 6.66. The Kier molecular flexibility index (Phi) is 4.13. The molecule has 0 bridgehead atoms. The molecule has 100 valence electrons. The van der Waals surface area contributed by atoms with Crippen molar-refractivity contribution < 1.29 is 9.13 Å². The van der Waals surface area contributed by atoms with Gasteiger partial charge in [0, 0.05) is 5.56 Å². The lowest BCUT2D eigenvalue weighted by molar-refractivity contribution is 0.296. The molecule has 2 aliphatic carbocycles. The lowest BCUT2D eigenvalue weighted by Gasteiger charge is -2.11. The molecule has 18 heavy (non-hydrogen) atoms. The van der Waals surface area contributed by atoms with Crippen molar-refractivity contribution in [1.82, 2.24) is 0 Å². The molecule has 0 heterocycles. The molecule has 3 rings (SSSR count). The number of halogens is 2. The van der Waals surface area contributed by atoms with Crippen LogP contribution < -0.4 is 10.5 Å². The van der Waals surface area contributed by atoms with E-state index in [0.29, 0.717) is 18.4 Å². The zero-order chi connectivity index (χ0) is 11.8. The minimum absolute atomic E-state index is 0. The molecule has 0 aromatic heterocycles. The first kappa shape index (κ1) is 13.6. The van der Waals surface area contributed by atoms with Gasteiger partial charge in [0.1, 0.15) is 11.6 Å². The van der Waals surface area contributed by atoms with Gasteiger partial charge in [0.05, 0.1) is 6.61 Å². The molecule has 0 amide bonds. The maximum Gasteiger partial charge on any atom is 0.123 e. The summed E-state index contributed by atoms with van der Waals surface area (Å²) in [7, 11) is 0. The highest BCUT2D eigenvalue weighted by molar-refractivity contribution is 5.85. The monoisotopic (exact) mass is 271 g/mol. The van der Waals surface area contributed by atoms with Crippen molar-refractivity contribution in [1.29, 1.82) is 0 Å². The number of rotatable bonds is 5. The first-order chi connectivity index (χ1) is 8.28. The average Bonchev–Trinajstić information content (AvgIpc) is 3.21. The van der Waals surface area contributed by atoms with Crippen LogP contribution in [0, 0.1) is 17.7 Å². The van der Waals surface area contributed by atoms with E-state index in [1.807, 2.05) is 0 Å². The van der Waals surface area contributed by atoms with Gasteiger partial charge in [-0.1, -0.05) is 0 Å². The molecular formula is C14H19ClFNO. The van der Waals surface area contributed by atoms with E-state index >= 15 is 0 Å². The molecule has 0 aliphatic heterocycles. The van der Waals surface area contributed by atoms with Crippen molar-refractivity contribution in [2.75, 3.05) is 13.2 Å². The SMILES string of the molecule is Cl.NC[C@H]1C[C@H]1c1cc(F)ccc1OCC1CC1. The third-order valence-electron chi connectivity index (χ3n) is 3.77. The Balaban J connectivity index is 0.00000120. The maximum atomic E-state index is 13.3. The Labute approximate surface area is 113 Å². The third-order valence-corrected chi connectivity index (χ3v) is 3.77. The molecule has 2 atom stereocenters. The van der Waals surface area contributed by atoms with E-state index < -0.39 is 0 Å². The van der Waals surface area contributed by atoms with Crippen molar-refractivity contribution in [3.05, 3.63) is 29.6 Å². The van der Waals surface area contributed by atoms with Crippen LogP contribution in [0.4, 0.5) is 4.39 Å². The summed E-state index contributed by atoms with van der Waals surface area (Å²) in [6.07, 6.45) is 3.61. The van der Waals surface area contributed by atoms with Crippen LogP contribution in [0.2, 0.25) is 0 Å². The Hall–Kier alpha value is -0.800. The number of hydrogen-bond acceptors (Lipinski definition) is 2. The van der Waals surface area contributed by atoms with Gasteiger partial charge < -0.3 is 10.5 Å². The Morgan fingerprint density at radius 1 is 1.33 bits per heavy atom. The molecule has 2 N–H and O–H groups in total. The molecule has 2 nitrogen and oxygen atoms in total. The van der Waals surface area contributed by atoms with E-state index in [1.165, 1.54) is 18.9 Å². The molecule has 4 heteroatoms. The number of ether oxygens (including phenoxy) is 1. The maximum absolute atomic E-state index is 13.3. The van der Waals surface area contributed by atoms with E-state index in [1.54, 1.807) is 12.1 Å². The lowest BCUT2D eigenvalue weighted by Crippen LogP contribution is -2.05. The van der Waals surface area contributed by atoms with E-state index in [9.17, 15) is 4.39 Å². The summed E-state index contributed by atoms with van der Waals surface area (Å²) < 4.78 is 19.1. The molecule has 1 aromatic carbocycles. The minimum Gasteiger partial charge on any atom is -0.493 e. The normalized spacial score (nSPS) is 25.4. The summed E-state index contributed by atoms with van der Waals surface area (Å²) in [4.78, 5) is 0. The largest absolute Gasteiger partial charge is 0.493 e. The second-order valence-corrected chi connectivity index (χ2v) is 5.27. The van der Waals surface area contributed by atoms with E-state index in [4.69, 9.17) is 10.5 Å². The highest BCUT2D eigenvalue weighted by Gasteiger charge is 2.39. The van der Waals surface area contributed by atoms with Crippen LogP contribution in [0.3, 0.4) is 0 Å². The summed E-state index contributed by atoms with van der Waals surface area (Å²) in [6.45, 7) is 1.46. The lowest BCUT2D eigenvalue weighted by atomic mass is 10.1. The smallest absolute Gasteiger partial charge is 0.123 e. The van der Waals surface area contributed by atoms with Gasteiger partial charge in [-0.3, -0.25) is 0 Å². The third kappa shape index (κ3) is 2.96. The van der Waals surface area contributed by atoms with Crippen molar-refractivity contribution in [3.63, 3.8) is 0 Å². The molecule has 2 saturated carbocycles. The number of nitrogens with two attached hydrogens (primary N) is 1. The second-order valence-electron chi connectivity index (χ2n) is 5.27. The van der Waals surface area contributed by atoms with Gasteiger partial charge in [-0.25, -0.2) is 4.39 Å². The van der Waals surface area contributed by atoms with E-state index in [-0.39, 0.29) is 18.2 Å². The van der Waals surface area contributed by atoms with Crippen LogP contribution in [0.5, 0.6) is 5.75 Å². The molecule has 0 radical (unpaired) electrons. The second kappa shape index (κ2) is 5.45. The van der Waals surface area contributed by atoms with Crippen LogP contribution in [0.1, 0.15) is 30.7 Å². The molecule has 0 saturated heterocycles. The van der Waals surface area contributed by atoms with Crippen LogP contribution in [-0.2, 0) is 0 Å². The first-order valence-electron chi connectivity index (χ1n) is 6.40. The van der Waals surface area contributed by atoms with Crippen molar-refractivity contribution in [2.24, 2.45) is 17.6 Å². The molecule has 1 aromatic rings. The molecular weight excluding hydrogens is 253 g/mol. The zero-order valence-corrected chi connectivity index (χ0v) is 11.1. The minimum atomic E-state index is -0.179. The van der Waals surface area contributed by atoms with Crippen molar-refractivity contribution >= 4 is 12.4 Å². The number of hydrogen-bond donors (Lipinski definition) is 1. The van der Waals surface area contributed by atoms with Crippen LogP contribution in [0.25, 0.3) is 0 Å². The van der Waals surface area contributed by atoms with Crippen molar-refractivity contribution in [2.45, 2.75) is 25.2 Å². The predicted octanol–water partition coefficient (Wildman–Crippen LogP) is 3.10.